The molecular formula is C16H23F2NO2. The highest BCUT2D eigenvalue weighted by Gasteiger charge is 2.22. The lowest BCUT2D eigenvalue weighted by atomic mass is 9.86. The Morgan fingerprint density at radius 3 is 2.71 bits per heavy atom. The highest BCUT2D eigenvalue weighted by atomic mass is 19.3. The van der Waals surface area contributed by atoms with Crippen LogP contribution in [-0.2, 0) is 6.54 Å². The number of hydrogen-bond acceptors (Lipinski definition) is 3. The molecule has 0 aliphatic heterocycles. The zero-order valence-electron chi connectivity index (χ0n) is 12.6. The lowest BCUT2D eigenvalue weighted by Crippen LogP contribution is -2.36. The minimum atomic E-state index is -2.85. The molecule has 2 rings (SSSR count). The van der Waals surface area contributed by atoms with Crippen LogP contribution in [0.15, 0.2) is 18.2 Å². The molecule has 0 aromatic heterocycles. The number of alkyl halides is 2. The van der Waals surface area contributed by atoms with Gasteiger partial charge in [0, 0.05) is 18.2 Å². The van der Waals surface area contributed by atoms with Crippen LogP contribution in [0, 0.1) is 5.92 Å². The van der Waals surface area contributed by atoms with Crippen molar-refractivity contribution in [2.75, 3.05) is 7.11 Å². The number of halogens is 2. The molecule has 1 N–H and O–H groups in total. The predicted molar refractivity (Wildman–Crippen MR) is 77.9 cm³/mol. The van der Waals surface area contributed by atoms with E-state index in [2.05, 4.69) is 17.0 Å². The quantitative estimate of drug-likeness (QED) is 0.862. The number of nitrogens with one attached hydrogen (secondary N) is 1. The molecule has 1 aromatic carbocycles. The van der Waals surface area contributed by atoms with E-state index in [9.17, 15) is 8.78 Å². The van der Waals surface area contributed by atoms with E-state index in [1.54, 1.807) is 18.2 Å². The number of benzene rings is 1. The lowest BCUT2D eigenvalue weighted by Gasteiger charge is -2.30. The monoisotopic (exact) mass is 299 g/mol. The van der Waals surface area contributed by atoms with Crippen molar-refractivity contribution in [2.45, 2.75) is 51.8 Å². The maximum Gasteiger partial charge on any atom is 0.387 e. The second-order valence-corrected chi connectivity index (χ2v) is 5.58. The Morgan fingerprint density at radius 2 is 2.05 bits per heavy atom. The standard InChI is InChI=1S/C16H23F2NO2/c1-11-6-3-4-8-13(11)19-10-12-7-5-9-14(20-2)15(12)21-16(17)18/h5,7,9,11,13,16,19H,3-4,6,8,10H2,1-2H3. The molecule has 0 heterocycles. The first-order valence-corrected chi connectivity index (χ1v) is 7.46. The molecule has 1 fully saturated rings. The van der Waals surface area contributed by atoms with Crippen molar-refractivity contribution in [3.63, 3.8) is 0 Å². The zero-order valence-corrected chi connectivity index (χ0v) is 12.6. The van der Waals surface area contributed by atoms with E-state index in [1.807, 2.05) is 0 Å². The topological polar surface area (TPSA) is 30.5 Å². The molecule has 118 valence electrons. The second kappa shape index (κ2) is 7.59. The van der Waals surface area contributed by atoms with Gasteiger partial charge in [0.05, 0.1) is 7.11 Å². The lowest BCUT2D eigenvalue weighted by molar-refractivity contribution is -0.0519. The fourth-order valence-electron chi connectivity index (χ4n) is 2.94. The minimum absolute atomic E-state index is 0.131. The van der Waals surface area contributed by atoms with Crippen LogP contribution in [0.25, 0.3) is 0 Å². The molecule has 5 heteroatoms. The Morgan fingerprint density at radius 1 is 1.29 bits per heavy atom. The van der Waals surface area contributed by atoms with E-state index in [4.69, 9.17) is 4.74 Å². The fourth-order valence-corrected chi connectivity index (χ4v) is 2.94. The molecule has 0 bridgehead atoms. The highest BCUT2D eigenvalue weighted by molar-refractivity contribution is 5.46. The summed E-state index contributed by atoms with van der Waals surface area (Å²) in [5, 5.41) is 3.47. The van der Waals surface area contributed by atoms with Gasteiger partial charge < -0.3 is 14.8 Å². The largest absolute Gasteiger partial charge is 0.493 e. The Hall–Kier alpha value is -1.36. The minimum Gasteiger partial charge on any atom is -0.493 e. The summed E-state index contributed by atoms with van der Waals surface area (Å²) in [4.78, 5) is 0. The molecule has 1 aromatic rings. The third-order valence-corrected chi connectivity index (χ3v) is 4.15. The van der Waals surface area contributed by atoms with E-state index in [-0.39, 0.29) is 5.75 Å². The van der Waals surface area contributed by atoms with Gasteiger partial charge in [0.1, 0.15) is 0 Å². The van der Waals surface area contributed by atoms with Crippen LogP contribution in [0.1, 0.15) is 38.2 Å². The number of hydrogen-bond donors (Lipinski definition) is 1. The van der Waals surface area contributed by atoms with E-state index < -0.39 is 6.61 Å². The maximum atomic E-state index is 12.6. The van der Waals surface area contributed by atoms with E-state index in [0.717, 1.165) is 6.42 Å². The van der Waals surface area contributed by atoms with Crippen molar-refractivity contribution < 1.29 is 18.3 Å². The van der Waals surface area contributed by atoms with Gasteiger partial charge in [-0.15, -0.1) is 0 Å². The number of methoxy groups -OCH3 is 1. The van der Waals surface area contributed by atoms with Crippen molar-refractivity contribution in [2.24, 2.45) is 5.92 Å². The molecular weight excluding hydrogens is 276 g/mol. The molecule has 2 atom stereocenters. The molecule has 1 aliphatic carbocycles. The van der Waals surface area contributed by atoms with Gasteiger partial charge in [0.15, 0.2) is 11.5 Å². The van der Waals surface area contributed by atoms with Crippen molar-refractivity contribution >= 4 is 0 Å². The van der Waals surface area contributed by atoms with Crippen LogP contribution in [0.2, 0.25) is 0 Å². The van der Waals surface area contributed by atoms with Gasteiger partial charge in [-0.25, -0.2) is 0 Å². The molecule has 0 radical (unpaired) electrons. The van der Waals surface area contributed by atoms with Crippen LogP contribution >= 0.6 is 0 Å². The van der Waals surface area contributed by atoms with Gasteiger partial charge in [-0.1, -0.05) is 31.9 Å². The van der Waals surface area contributed by atoms with Gasteiger partial charge >= 0.3 is 6.61 Å². The van der Waals surface area contributed by atoms with Crippen LogP contribution in [0.5, 0.6) is 11.5 Å². The number of rotatable bonds is 6. The van der Waals surface area contributed by atoms with Gasteiger partial charge in [-0.2, -0.15) is 8.78 Å². The first kappa shape index (κ1) is 16.0. The smallest absolute Gasteiger partial charge is 0.387 e. The van der Waals surface area contributed by atoms with Crippen molar-refractivity contribution in [3.05, 3.63) is 23.8 Å². The Bertz CT molecular complexity index is 454. The summed E-state index contributed by atoms with van der Waals surface area (Å²) in [5.41, 5.74) is 0.701. The zero-order chi connectivity index (χ0) is 15.2. The van der Waals surface area contributed by atoms with Gasteiger partial charge in [-0.3, -0.25) is 0 Å². The average molecular weight is 299 g/mol. The Kier molecular flexibility index (Phi) is 5.79. The molecule has 21 heavy (non-hydrogen) atoms. The SMILES string of the molecule is COc1cccc(CNC2CCCCC2C)c1OC(F)F. The van der Waals surface area contributed by atoms with Crippen molar-refractivity contribution in [3.8, 4) is 11.5 Å². The summed E-state index contributed by atoms with van der Waals surface area (Å²) in [6.45, 7) is -0.110. The van der Waals surface area contributed by atoms with Gasteiger partial charge in [0.25, 0.3) is 0 Å². The third-order valence-electron chi connectivity index (χ3n) is 4.15. The summed E-state index contributed by atoms with van der Waals surface area (Å²) in [5.74, 6) is 1.08. The summed E-state index contributed by atoms with van der Waals surface area (Å²) in [6, 6.07) is 5.65. The van der Waals surface area contributed by atoms with Crippen LogP contribution in [0.3, 0.4) is 0 Å². The average Bonchev–Trinajstić information content (AvgIpc) is 2.47. The maximum absolute atomic E-state index is 12.6. The second-order valence-electron chi connectivity index (χ2n) is 5.58. The molecule has 1 aliphatic rings. The summed E-state index contributed by atoms with van der Waals surface area (Å²) in [6.07, 6.45) is 4.85. The summed E-state index contributed by atoms with van der Waals surface area (Å²) >= 11 is 0. The van der Waals surface area contributed by atoms with Crippen LogP contribution < -0.4 is 14.8 Å². The molecule has 3 nitrogen and oxygen atoms in total. The molecule has 0 amide bonds. The molecule has 0 spiro atoms. The summed E-state index contributed by atoms with van der Waals surface area (Å²) < 4.78 is 34.9. The normalized spacial score (nSPS) is 22.3. The molecule has 1 saturated carbocycles. The Balaban J connectivity index is 2.07. The van der Waals surface area contributed by atoms with Gasteiger partial charge in [-0.05, 0) is 24.8 Å². The molecule has 0 saturated heterocycles. The molecule has 2 unspecified atom stereocenters. The van der Waals surface area contributed by atoms with Crippen LogP contribution in [0.4, 0.5) is 8.78 Å². The predicted octanol–water partition coefficient (Wildman–Crippen LogP) is 3.96. The fraction of sp³-hybridized carbons (Fsp3) is 0.625. The van der Waals surface area contributed by atoms with E-state index in [1.165, 1.54) is 26.4 Å². The van der Waals surface area contributed by atoms with Crippen LogP contribution in [-0.4, -0.2) is 19.8 Å². The number of ether oxygens (including phenoxy) is 2. The Labute approximate surface area is 124 Å². The van der Waals surface area contributed by atoms with E-state index in [0.29, 0.717) is 29.8 Å². The van der Waals surface area contributed by atoms with Gasteiger partial charge in [0.2, 0.25) is 0 Å². The number of para-hydroxylation sites is 1. The highest BCUT2D eigenvalue weighted by Crippen LogP contribution is 2.33. The van der Waals surface area contributed by atoms with E-state index >= 15 is 0 Å². The third kappa shape index (κ3) is 4.30. The van der Waals surface area contributed by atoms with Crippen molar-refractivity contribution in [1.82, 2.24) is 5.32 Å². The first-order chi connectivity index (χ1) is 10.1. The first-order valence-electron chi connectivity index (χ1n) is 7.46. The summed E-state index contributed by atoms with van der Waals surface area (Å²) in [7, 11) is 1.45. The van der Waals surface area contributed by atoms with Crippen molar-refractivity contribution in [1.29, 1.82) is 0 Å².